The second-order valence-corrected chi connectivity index (χ2v) is 5.13. The normalized spacial score (nSPS) is 17.8. The van der Waals surface area contributed by atoms with Crippen molar-refractivity contribution in [1.82, 2.24) is 9.97 Å². The average Bonchev–Trinajstić information content (AvgIpc) is 2.43. The summed E-state index contributed by atoms with van der Waals surface area (Å²) < 4.78 is 0. The molecule has 19 heavy (non-hydrogen) atoms. The van der Waals surface area contributed by atoms with Crippen molar-refractivity contribution in [2.24, 2.45) is 0 Å². The Morgan fingerprint density at radius 1 is 1.26 bits per heavy atom. The third-order valence-corrected chi connectivity index (χ3v) is 3.66. The van der Waals surface area contributed by atoms with E-state index in [2.05, 4.69) is 39.6 Å². The van der Waals surface area contributed by atoms with Gasteiger partial charge in [0.1, 0.15) is 0 Å². The van der Waals surface area contributed by atoms with E-state index in [1.807, 2.05) is 0 Å². The van der Waals surface area contributed by atoms with Gasteiger partial charge in [0.2, 0.25) is 5.28 Å². The summed E-state index contributed by atoms with van der Waals surface area (Å²) in [6, 6.07) is 8.88. The summed E-state index contributed by atoms with van der Waals surface area (Å²) in [4.78, 5) is 8.00. The fraction of sp³-hybridized carbons (Fsp3) is 0.286. The fourth-order valence-electron chi connectivity index (χ4n) is 2.50. The second-order valence-electron chi connectivity index (χ2n) is 4.80. The fourth-order valence-corrected chi connectivity index (χ4v) is 2.63. The third kappa shape index (κ3) is 2.63. The maximum Gasteiger partial charge on any atom is 0.224 e. The Kier molecular flexibility index (Phi) is 3.25. The number of fused-ring (bicyclic) bond motifs is 1. The first-order valence-corrected chi connectivity index (χ1v) is 6.71. The van der Waals surface area contributed by atoms with Gasteiger partial charge in [-0.2, -0.15) is 4.98 Å². The van der Waals surface area contributed by atoms with E-state index >= 15 is 0 Å². The van der Waals surface area contributed by atoms with E-state index in [9.17, 15) is 0 Å². The topological polar surface area (TPSA) is 63.8 Å². The SMILES string of the molecule is Nc1cnc(Cl)nc1NC1CCc2ccccc2C1. The molecule has 0 amide bonds. The minimum absolute atomic E-state index is 0.216. The summed E-state index contributed by atoms with van der Waals surface area (Å²) >= 11 is 5.80. The van der Waals surface area contributed by atoms with E-state index in [1.165, 1.54) is 17.3 Å². The van der Waals surface area contributed by atoms with E-state index in [4.69, 9.17) is 17.3 Å². The molecule has 5 heteroatoms. The molecule has 1 aromatic heterocycles. The molecule has 0 radical (unpaired) electrons. The number of hydrogen-bond donors (Lipinski definition) is 2. The monoisotopic (exact) mass is 274 g/mol. The summed E-state index contributed by atoms with van der Waals surface area (Å²) in [5, 5.41) is 3.59. The van der Waals surface area contributed by atoms with Gasteiger partial charge in [0, 0.05) is 6.04 Å². The Hall–Kier alpha value is -1.81. The lowest BCUT2D eigenvalue weighted by molar-refractivity contribution is 0.609. The van der Waals surface area contributed by atoms with Crippen LogP contribution >= 0.6 is 11.6 Å². The molecular weight excluding hydrogens is 260 g/mol. The largest absolute Gasteiger partial charge is 0.394 e. The van der Waals surface area contributed by atoms with Gasteiger partial charge in [0.05, 0.1) is 11.9 Å². The molecule has 1 atom stereocenters. The summed E-state index contributed by atoms with van der Waals surface area (Å²) in [6.45, 7) is 0. The summed E-state index contributed by atoms with van der Waals surface area (Å²) in [5.74, 6) is 0.629. The summed E-state index contributed by atoms with van der Waals surface area (Å²) in [6.07, 6.45) is 4.66. The van der Waals surface area contributed by atoms with Gasteiger partial charge in [-0.15, -0.1) is 0 Å². The van der Waals surface area contributed by atoms with Crippen LogP contribution in [0.5, 0.6) is 0 Å². The van der Waals surface area contributed by atoms with Gasteiger partial charge in [-0.3, -0.25) is 0 Å². The van der Waals surface area contributed by atoms with Crippen LogP contribution in [0.25, 0.3) is 0 Å². The molecule has 1 aliphatic carbocycles. The first-order valence-electron chi connectivity index (χ1n) is 6.33. The number of hydrogen-bond acceptors (Lipinski definition) is 4. The zero-order valence-electron chi connectivity index (χ0n) is 10.4. The molecule has 3 N–H and O–H groups in total. The minimum Gasteiger partial charge on any atom is -0.394 e. The van der Waals surface area contributed by atoms with Gasteiger partial charge in [-0.1, -0.05) is 24.3 Å². The number of nitrogen functional groups attached to an aromatic ring is 1. The van der Waals surface area contributed by atoms with Crippen LogP contribution in [0.1, 0.15) is 17.5 Å². The molecule has 1 heterocycles. The van der Waals surface area contributed by atoms with Crippen LogP contribution in [0.2, 0.25) is 5.28 Å². The number of aryl methyl sites for hydroxylation is 1. The van der Waals surface area contributed by atoms with E-state index in [-0.39, 0.29) is 5.28 Å². The number of halogens is 1. The van der Waals surface area contributed by atoms with Crippen molar-refractivity contribution >= 4 is 23.1 Å². The van der Waals surface area contributed by atoms with Crippen molar-refractivity contribution in [3.8, 4) is 0 Å². The molecule has 1 aromatic carbocycles. The standard InChI is InChI=1S/C14H15ClN4/c15-14-17-8-12(16)13(19-14)18-11-6-5-9-3-1-2-4-10(9)7-11/h1-4,8,11H,5-7,16H2,(H,17,18,19). The van der Waals surface area contributed by atoms with Crippen molar-refractivity contribution in [2.45, 2.75) is 25.3 Å². The Labute approximate surface area is 117 Å². The minimum atomic E-state index is 0.216. The Morgan fingerprint density at radius 2 is 2.05 bits per heavy atom. The van der Waals surface area contributed by atoms with Gasteiger partial charge in [-0.25, -0.2) is 4.98 Å². The van der Waals surface area contributed by atoms with E-state index in [0.29, 0.717) is 17.5 Å². The van der Waals surface area contributed by atoms with Gasteiger partial charge >= 0.3 is 0 Å². The highest BCUT2D eigenvalue weighted by molar-refractivity contribution is 6.28. The highest BCUT2D eigenvalue weighted by atomic mass is 35.5. The summed E-state index contributed by atoms with van der Waals surface area (Å²) in [5.41, 5.74) is 9.22. The van der Waals surface area contributed by atoms with Crippen LogP contribution in [0, 0.1) is 0 Å². The van der Waals surface area contributed by atoms with Crippen molar-refractivity contribution < 1.29 is 0 Å². The van der Waals surface area contributed by atoms with Crippen molar-refractivity contribution in [3.05, 3.63) is 46.9 Å². The predicted octanol–water partition coefficient (Wildman–Crippen LogP) is 2.68. The van der Waals surface area contributed by atoms with E-state index in [0.717, 1.165) is 19.3 Å². The van der Waals surface area contributed by atoms with Crippen LogP contribution < -0.4 is 11.1 Å². The van der Waals surface area contributed by atoms with Crippen LogP contribution in [-0.2, 0) is 12.8 Å². The maximum absolute atomic E-state index is 5.86. The molecule has 0 bridgehead atoms. The third-order valence-electron chi connectivity index (χ3n) is 3.48. The van der Waals surface area contributed by atoms with Gasteiger partial charge in [0.25, 0.3) is 0 Å². The molecule has 0 saturated heterocycles. The number of nitrogens with zero attached hydrogens (tertiary/aromatic N) is 2. The number of rotatable bonds is 2. The van der Waals surface area contributed by atoms with Crippen molar-refractivity contribution in [3.63, 3.8) is 0 Å². The highest BCUT2D eigenvalue weighted by Crippen LogP contribution is 2.25. The van der Waals surface area contributed by atoms with Crippen LogP contribution in [0.3, 0.4) is 0 Å². The van der Waals surface area contributed by atoms with Gasteiger partial charge in [-0.05, 0) is 42.0 Å². The lowest BCUT2D eigenvalue weighted by Gasteiger charge is -2.26. The molecule has 2 aromatic rings. The molecule has 0 saturated carbocycles. The Balaban J connectivity index is 1.77. The quantitative estimate of drug-likeness (QED) is 0.827. The molecule has 0 fully saturated rings. The number of anilines is 2. The lowest BCUT2D eigenvalue weighted by atomic mass is 9.88. The van der Waals surface area contributed by atoms with E-state index in [1.54, 1.807) is 0 Å². The highest BCUT2D eigenvalue weighted by Gasteiger charge is 2.19. The van der Waals surface area contributed by atoms with Crippen LogP contribution in [-0.4, -0.2) is 16.0 Å². The molecule has 3 rings (SSSR count). The number of aromatic nitrogens is 2. The average molecular weight is 275 g/mol. The maximum atomic E-state index is 5.86. The molecular formula is C14H15ClN4. The number of nitrogens with one attached hydrogen (secondary N) is 1. The van der Waals surface area contributed by atoms with Crippen LogP contribution in [0.4, 0.5) is 11.5 Å². The second kappa shape index (κ2) is 5.05. The molecule has 98 valence electrons. The van der Waals surface area contributed by atoms with Gasteiger partial charge in [0.15, 0.2) is 5.82 Å². The Morgan fingerprint density at radius 3 is 2.89 bits per heavy atom. The van der Waals surface area contributed by atoms with Gasteiger partial charge < -0.3 is 11.1 Å². The molecule has 1 aliphatic rings. The van der Waals surface area contributed by atoms with Crippen LogP contribution in [0.15, 0.2) is 30.5 Å². The zero-order valence-corrected chi connectivity index (χ0v) is 11.2. The van der Waals surface area contributed by atoms with Crippen molar-refractivity contribution in [2.75, 3.05) is 11.1 Å². The van der Waals surface area contributed by atoms with E-state index < -0.39 is 0 Å². The lowest BCUT2D eigenvalue weighted by Crippen LogP contribution is -2.28. The Bertz CT molecular complexity index is 600. The number of benzene rings is 1. The molecule has 0 aliphatic heterocycles. The summed E-state index contributed by atoms with van der Waals surface area (Å²) in [7, 11) is 0. The first kappa shape index (κ1) is 12.2. The zero-order chi connectivity index (χ0) is 13.2. The molecule has 4 nitrogen and oxygen atoms in total. The smallest absolute Gasteiger partial charge is 0.224 e. The number of nitrogens with two attached hydrogens (primary N) is 1. The molecule has 0 spiro atoms. The predicted molar refractivity (Wildman–Crippen MR) is 77.3 cm³/mol. The molecule has 1 unspecified atom stereocenters. The van der Waals surface area contributed by atoms with Crippen molar-refractivity contribution in [1.29, 1.82) is 0 Å². The first-order chi connectivity index (χ1) is 9.22.